The van der Waals surface area contributed by atoms with E-state index in [0.717, 1.165) is 32.1 Å². The average molecular weight is 570 g/mol. The van der Waals surface area contributed by atoms with Gasteiger partial charge >= 0.3 is 0 Å². The van der Waals surface area contributed by atoms with Gasteiger partial charge in [0, 0.05) is 17.1 Å². The minimum Gasteiger partial charge on any atom is -0.310 e. The summed E-state index contributed by atoms with van der Waals surface area (Å²) >= 11 is 0. The molecular formula is C42H51N. The zero-order chi connectivity index (χ0) is 30.6. The lowest BCUT2D eigenvalue weighted by atomic mass is 9.78. The van der Waals surface area contributed by atoms with Crippen molar-refractivity contribution >= 4 is 38.6 Å². The number of benzene rings is 5. The van der Waals surface area contributed by atoms with E-state index < -0.39 is 0 Å². The number of fused-ring (bicyclic) bond motifs is 3. The van der Waals surface area contributed by atoms with E-state index in [2.05, 4.69) is 150 Å². The van der Waals surface area contributed by atoms with Gasteiger partial charge in [-0.3, -0.25) is 0 Å². The van der Waals surface area contributed by atoms with Crippen molar-refractivity contribution in [3.05, 3.63) is 114 Å². The van der Waals surface area contributed by atoms with E-state index in [4.69, 9.17) is 0 Å². The summed E-state index contributed by atoms with van der Waals surface area (Å²) < 4.78 is 0. The van der Waals surface area contributed by atoms with Crippen molar-refractivity contribution in [3.63, 3.8) is 0 Å². The van der Waals surface area contributed by atoms with Gasteiger partial charge in [0.15, 0.2) is 0 Å². The molecule has 0 aliphatic carbocycles. The first kappa shape index (κ1) is 30.9. The zero-order valence-corrected chi connectivity index (χ0v) is 27.6. The van der Waals surface area contributed by atoms with Gasteiger partial charge < -0.3 is 4.90 Å². The fourth-order valence-corrected chi connectivity index (χ4v) is 6.57. The number of hydrogen-bond donors (Lipinski definition) is 0. The van der Waals surface area contributed by atoms with Crippen molar-refractivity contribution in [2.45, 2.75) is 104 Å². The van der Waals surface area contributed by atoms with Crippen molar-refractivity contribution in [3.8, 4) is 0 Å². The number of nitrogens with zero attached hydrogens (tertiary/aromatic N) is 1. The normalized spacial score (nSPS) is 12.3. The van der Waals surface area contributed by atoms with Gasteiger partial charge in [0.1, 0.15) is 0 Å². The largest absolute Gasteiger partial charge is 0.310 e. The van der Waals surface area contributed by atoms with Crippen LogP contribution in [0.4, 0.5) is 17.1 Å². The lowest BCUT2D eigenvalue weighted by Crippen LogP contribution is -2.20. The highest BCUT2D eigenvalue weighted by Crippen LogP contribution is 2.40. The predicted octanol–water partition coefficient (Wildman–Crippen LogP) is 13.0. The smallest absolute Gasteiger partial charge is 0.0468 e. The maximum atomic E-state index is 2.43. The SMILES string of the molecule is CCCCc1ccc2c(ccc3cc(N(c4ccc(C(C)(CC)CC)cc4)c4ccc(C(C)(CC)CC)cc4)ccc32)c1. The van der Waals surface area contributed by atoms with Crippen molar-refractivity contribution in [2.75, 3.05) is 4.90 Å². The van der Waals surface area contributed by atoms with E-state index in [1.165, 1.54) is 68.1 Å². The van der Waals surface area contributed by atoms with Gasteiger partial charge in [-0.25, -0.2) is 0 Å². The van der Waals surface area contributed by atoms with Crippen LogP contribution in [0.3, 0.4) is 0 Å². The molecule has 0 bridgehead atoms. The Balaban J connectivity index is 1.60. The molecule has 0 aromatic heterocycles. The summed E-state index contributed by atoms with van der Waals surface area (Å²) in [6.07, 6.45) is 8.18. The molecule has 1 nitrogen and oxygen atoms in total. The zero-order valence-electron chi connectivity index (χ0n) is 27.6. The second-order valence-electron chi connectivity index (χ2n) is 13.1. The van der Waals surface area contributed by atoms with Gasteiger partial charge in [0.2, 0.25) is 0 Å². The van der Waals surface area contributed by atoms with Gasteiger partial charge in [-0.05, 0) is 124 Å². The first-order chi connectivity index (χ1) is 20.8. The highest BCUT2D eigenvalue weighted by Gasteiger charge is 2.24. The molecule has 0 N–H and O–H groups in total. The van der Waals surface area contributed by atoms with E-state index in [9.17, 15) is 0 Å². The summed E-state index contributed by atoms with van der Waals surface area (Å²) in [5.74, 6) is 0. The molecule has 0 saturated heterocycles. The Morgan fingerprint density at radius 3 is 1.40 bits per heavy atom. The van der Waals surface area contributed by atoms with Crippen molar-refractivity contribution in [1.29, 1.82) is 0 Å². The fraction of sp³-hybridized carbons (Fsp3) is 0.381. The van der Waals surface area contributed by atoms with Crippen LogP contribution in [0, 0.1) is 0 Å². The summed E-state index contributed by atoms with van der Waals surface area (Å²) in [6, 6.07) is 37.3. The van der Waals surface area contributed by atoms with Gasteiger partial charge in [-0.2, -0.15) is 0 Å². The number of unbranched alkanes of at least 4 members (excludes halogenated alkanes) is 1. The molecule has 0 aliphatic rings. The number of anilines is 3. The van der Waals surface area contributed by atoms with Crippen LogP contribution < -0.4 is 4.90 Å². The van der Waals surface area contributed by atoms with E-state index in [1.54, 1.807) is 0 Å². The summed E-state index contributed by atoms with van der Waals surface area (Å²) in [4.78, 5) is 2.43. The Morgan fingerprint density at radius 1 is 0.488 bits per heavy atom. The van der Waals surface area contributed by atoms with E-state index in [0.29, 0.717) is 0 Å². The van der Waals surface area contributed by atoms with Gasteiger partial charge in [0.25, 0.3) is 0 Å². The average Bonchev–Trinajstić information content (AvgIpc) is 3.07. The van der Waals surface area contributed by atoms with Crippen LogP contribution in [0.15, 0.2) is 97.1 Å². The molecule has 5 aromatic rings. The lowest BCUT2D eigenvalue weighted by molar-refractivity contribution is 0.439. The Labute approximate surface area is 261 Å². The van der Waals surface area contributed by atoms with Crippen molar-refractivity contribution in [2.24, 2.45) is 0 Å². The maximum absolute atomic E-state index is 2.43. The number of hydrogen-bond acceptors (Lipinski definition) is 1. The summed E-state index contributed by atoms with van der Waals surface area (Å²) in [5.41, 5.74) is 8.26. The molecule has 0 spiro atoms. The van der Waals surface area contributed by atoms with Crippen LogP contribution in [0.2, 0.25) is 0 Å². The number of rotatable bonds is 12. The summed E-state index contributed by atoms with van der Waals surface area (Å²) in [6.45, 7) is 16.2. The van der Waals surface area contributed by atoms with E-state index in [-0.39, 0.29) is 10.8 Å². The van der Waals surface area contributed by atoms with Crippen molar-refractivity contribution in [1.82, 2.24) is 0 Å². The van der Waals surface area contributed by atoms with Crippen LogP contribution in [-0.4, -0.2) is 0 Å². The molecule has 0 radical (unpaired) electrons. The van der Waals surface area contributed by atoms with Crippen LogP contribution in [-0.2, 0) is 17.3 Å². The van der Waals surface area contributed by atoms with Gasteiger partial charge in [-0.15, -0.1) is 0 Å². The molecule has 0 saturated carbocycles. The minimum atomic E-state index is 0.205. The van der Waals surface area contributed by atoms with Crippen LogP contribution in [0.1, 0.15) is 104 Å². The molecule has 224 valence electrons. The Bertz CT molecular complexity index is 1590. The third-order valence-corrected chi connectivity index (χ3v) is 10.7. The Morgan fingerprint density at radius 2 is 0.930 bits per heavy atom. The quantitative estimate of drug-likeness (QED) is 0.135. The lowest BCUT2D eigenvalue weighted by Gasteiger charge is -2.31. The second kappa shape index (κ2) is 13.0. The van der Waals surface area contributed by atoms with Crippen LogP contribution in [0.25, 0.3) is 21.5 Å². The molecule has 0 aliphatic heterocycles. The molecule has 5 rings (SSSR count). The topological polar surface area (TPSA) is 3.24 Å². The molecular weight excluding hydrogens is 518 g/mol. The Hall–Kier alpha value is -3.58. The van der Waals surface area contributed by atoms with Crippen LogP contribution >= 0.6 is 0 Å². The molecule has 0 amide bonds. The highest BCUT2D eigenvalue weighted by molar-refractivity contribution is 6.08. The van der Waals surface area contributed by atoms with E-state index >= 15 is 0 Å². The minimum absolute atomic E-state index is 0.205. The van der Waals surface area contributed by atoms with E-state index in [1.807, 2.05) is 0 Å². The number of aryl methyl sites for hydroxylation is 1. The summed E-state index contributed by atoms with van der Waals surface area (Å²) in [5, 5.41) is 5.26. The summed E-state index contributed by atoms with van der Waals surface area (Å²) in [7, 11) is 0. The maximum Gasteiger partial charge on any atom is 0.0468 e. The Kier molecular flexibility index (Phi) is 9.30. The van der Waals surface area contributed by atoms with Crippen LogP contribution in [0.5, 0.6) is 0 Å². The highest BCUT2D eigenvalue weighted by atomic mass is 15.1. The second-order valence-corrected chi connectivity index (χ2v) is 13.1. The molecule has 0 fully saturated rings. The van der Waals surface area contributed by atoms with Gasteiger partial charge in [-0.1, -0.05) is 116 Å². The first-order valence-electron chi connectivity index (χ1n) is 16.8. The molecule has 1 heteroatoms. The first-order valence-corrected chi connectivity index (χ1v) is 16.8. The fourth-order valence-electron chi connectivity index (χ4n) is 6.57. The predicted molar refractivity (Wildman–Crippen MR) is 191 cm³/mol. The molecule has 43 heavy (non-hydrogen) atoms. The van der Waals surface area contributed by atoms with Gasteiger partial charge in [0.05, 0.1) is 0 Å². The third-order valence-electron chi connectivity index (χ3n) is 10.7. The molecule has 0 unspecified atom stereocenters. The standard InChI is InChI=1S/C42H51N/c1-8-13-14-31-15-27-39-32(29-31)16-17-33-30-38(26-28-40(33)39)43(36-22-18-34(19-23-36)41(6,9-2)10-3)37-24-20-35(21-25-37)42(7,11-4)12-5/h15-30H,8-14H2,1-7H3. The molecule has 0 atom stereocenters. The molecule has 0 heterocycles. The monoisotopic (exact) mass is 569 g/mol. The van der Waals surface area contributed by atoms with Crippen molar-refractivity contribution < 1.29 is 0 Å². The third kappa shape index (κ3) is 6.10. The molecule has 5 aromatic carbocycles.